The van der Waals surface area contributed by atoms with Crippen LogP contribution < -0.4 is 0 Å². The van der Waals surface area contributed by atoms with Gasteiger partial charge in [-0.15, -0.1) is 0 Å². The molecule has 0 fully saturated rings. The van der Waals surface area contributed by atoms with E-state index < -0.39 is 11.9 Å². The van der Waals surface area contributed by atoms with E-state index in [0.29, 0.717) is 5.56 Å². The minimum absolute atomic E-state index is 0.0238. The molecule has 0 saturated heterocycles. The van der Waals surface area contributed by atoms with Crippen molar-refractivity contribution in [2.75, 3.05) is 14.1 Å². The fourth-order valence-corrected chi connectivity index (χ4v) is 1.66. The molecule has 0 heterocycles. The Balaban J connectivity index is 2.90. The zero-order valence-corrected chi connectivity index (χ0v) is 11.3. The zero-order chi connectivity index (χ0) is 13.0. The molecule has 17 heavy (non-hydrogen) atoms. The van der Waals surface area contributed by atoms with E-state index in [0.717, 1.165) is 4.47 Å². The first kappa shape index (κ1) is 13.7. The van der Waals surface area contributed by atoms with Crippen LogP contribution in [0.1, 0.15) is 17.9 Å². The van der Waals surface area contributed by atoms with Crippen LogP contribution in [0, 0.1) is 0 Å². The summed E-state index contributed by atoms with van der Waals surface area (Å²) in [6.07, 6.45) is -0.0238. The van der Waals surface area contributed by atoms with E-state index in [9.17, 15) is 9.59 Å². The molecule has 0 spiro atoms. The summed E-state index contributed by atoms with van der Waals surface area (Å²) in [6.45, 7) is 0. The molecule has 92 valence electrons. The fourth-order valence-electron chi connectivity index (χ4n) is 1.40. The topological polar surface area (TPSA) is 57.6 Å². The Labute approximate surface area is 108 Å². The lowest BCUT2D eigenvalue weighted by atomic mass is 9.95. The quantitative estimate of drug-likeness (QED) is 0.926. The summed E-state index contributed by atoms with van der Waals surface area (Å²) < 4.78 is 0.879. The molecule has 4 nitrogen and oxygen atoms in total. The molecule has 1 N–H and O–H groups in total. The number of hydrogen-bond donors (Lipinski definition) is 1. The maximum atomic E-state index is 11.6. The number of carboxylic acids is 1. The highest BCUT2D eigenvalue weighted by Gasteiger charge is 2.23. The standard InChI is InChI=1S/C12H14BrNO3/c1-14(2)11(15)7-10(12(16)17)8-3-5-9(13)6-4-8/h3-6,10H,7H2,1-2H3,(H,16,17). The second-order valence-electron chi connectivity index (χ2n) is 3.93. The summed E-state index contributed by atoms with van der Waals surface area (Å²) in [5.74, 6) is -1.97. The van der Waals surface area contributed by atoms with Gasteiger partial charge in [0.15, 0.2) is 0 Å². The first-order valence-electron chi connectivity index (χ1n) is 5.10. The Kier molecular flexibility index (Phi) is 4.69. The molecule has 0 radical (unpaired) electrons. The van der Waals surface area contributed by atoms with Crippen LogP contribution in [-0.4, -0.2) is 36.0 Å². The van der Waals surface area contributed by atoms with E-state index in [1.165, 1.54) is 4.90 Å². The van der Waals surface area contributed by atoms with Gasteiger partial charge in [0, 0.05) is 25.0 Å². The monoisotopic (exact) mass is 299 g/mol. The molecular formula is C12H14BrNO3. The van der Waals surface area contributed by atoms with Gasteiger partial charge in [-0.2, -0.15) is 0 Å². The van der Waals surface area contributed by atoms with Crippen molar-refractivity contribution in [3.05, 3.63) is 34.3 Å². The van der Waals surface area contributed by atoms with Crippen molar-refractivity contribution < 1.29 is 14.7 Å². The van der Waals surface area contributed by atoms with Crippen molar-refractivity contribution in [3.63, 3.8) is 0 Å². The highest BCUT2D eigenvalue weighted by atomic mass is 79.9. The van der Waals surface area contributed by atoms with E-state index in [4.69, 9.17) is 5.11 Å². The maximum Gasteiger partial charge on any atom is 0.311 e. The minimum atomic E-state index is -0.984. The number of halogens is 1. The summed E-state index contributed by atoms with van der Waals surface area (Å²) in [7, 11) is 3.23. The molecule has 0 saturated carbocycles. The number of hydrogen-bond acceptors (Lipinski definition) is 2. The average Bonchev–Trinajstić information content (AvgIpc) is 2.26. The molecular weight excluding hydrogens is 286 g/mol. The molecule has 0 aliphatic rings. The SMILES string of the molecule is CN(C)C(=O)CC(C(=O)O)c1ccc(Br)cc1. The Bertz CT molecular complexity index is 414. The van der Waals surface area contributed by atoms with Crippen LogP contribution in [0.3, 0.4) is 0 Å². The van der Waals surface area contributed by atoms with Gasteiger partial charge in [-0.05, 0) is 17.7 Å². The first-order valence-corrected chi connectivity index (χ1v) is 5.89. The van der Waals surface area contributed by atoms with Crippen LogP contribution in [0.15, 0.2) is 28.7 Å². The molecule has 0 aliphatic carbocycles. The smallest absolute Gasteiger partial charge is 0.311 e. The van der Waals surface area contributed by atoms with Crippen LogP contribution in [-0.2, 0) is 9.59 Å². The van der Waals surface area contributed by atoms with Gasteiger partial charge in [0.05, 0.1) is 5.92 Å². The summed E-state index contributed by atoms with van der Waals surface area (Å²) >= 11 is 3.28. The molecule has 1 atom stereocenters. The highest BCUT2D eigenvalue weighted by molar-refractivity contribution is 9.10. The number of carboxylic acid groups (broad SMARTS) is 1. The third-order valence-electron chi connectivity index (χ3n) is 2.45. The molecule has 0 aliphatic heterocycles. The van der Waals surface area contributed by atoms with Gasteiger partial charge in [0.25, 0.3) is 0 Å². The fraction of sp³-hybridized carbons (Fsp3) is 0.333. The second-order valence-corrected chi connectivity index (χ2v) is 4.85. The third kappa shape index (κ3) is 3.85. The zero-order valence-electron chi connectivity index (χ0n) is 9.68. The van der Waals surface area contributed by atoms with Crippen molar-refractivity contribution in [3.8, 4) is 0 Å². The number of carbonyl (C=O) groups excluding carboxylic acids is 1. The molecule has 1 amide bonds. The van der Waals surface area contributed by atoms with Crippen LogP contribution in [0.4, 0.5) is 0 Å². The van der Waals surface area contributed by atoms with Gasteiger partial charge in [0.1, 0.15) is 0 Å². The van der Waals surface area contributed by atoms with Crippen molar-refractivity contribution >= 4 is 27.8 Å². The van der Waals surface area contributed by atoms with Crippen LogP contribution >= 0.6 is 15.9 Å². The Morgan fingerprint density at radius 3 is 2.24 bits per heavy atom. The summed E-state index contributed by atoms with van der Waals surface area (Å²) in [5, 5.41) is 9.14. The number of amides is 1. The van der Waals surface area contributed by atoms with E-state index in [1.54, 1.807) is 38.4 Å². The number of nitrogens with zero attached hydrogens (tertiary/aromatic N) is 1. The molecule has 0 aromatic heterocycles. The van der Waals surface area contributed by atoms with Crippen molar-refractivity contribution in [1.82, 2.24) is 4.90 Å². The maximum absolute atomic E-state index is 11.6. The lowest BCUT2D eigenvalue weighted by Crippen LogP contribution is -2.26. The summed E-state index contributed by atoms with van der Waals surface area (Å²) in [4.78, 5) is 24.1. The third-order valence-corrected chi connectivity index (χ3v) is 2.98. The molecule has 0 bridgehead atoms. The molecule has 5 heteroatoms. The van der Waals surface area contributed by atoms with E-state index >= 15 is 0 Å². The van der Waals surface area contributed by atoms with Crippen molar-refractivity contribution in [1.29, 1.82) is 0 Å². The molecule has 1 aromatic carbocycles. The summed E-state index contributed by atoms with van der Waals surface area (Å²) in [6, 6.07) is 6.97. The number of benzene rings is 1. The Morgan fingerprint density at radius 1 is 1.29 bits per heavy atom. The van der Waals surface area contributed by atoms with Gasteiger partial charge in [-0.3, -0.25) is 9.59 Å². The predicted octanol–water partition coefficient (Wildman–Crippen LogP) is 2.10. The van der Waals surface area contributed by atoms with Crippen LogP contribution in [0.2, 0.25) is 0 Å². The van der Waals surface area contributed by atoms with Gasteiger partial charge >= 0.3 is 5.97 Å². The second kappa shape index (κ2) is 5.82. The Morgan fingerprint density at radius 2 is 1.82 bits per heavy atom. The van der Waals surface area contributed by atoms with E-state index in [-0.39, 0.29) is 12.3 Å². The van der Waals surface area contributed by atoms with E-state index in [2.05, 4.69) is 15.9 Å². The number of aliphatic carboxylic acids is 1. The highest BCUT2D eigenvalue weighted by Crippen LogP contribution is 2.22. The Hall–Kier alpha value is -1.36. The predicted molar refractivity (Wildman–Crippen MR) is 67.8 cm³/mol. The van der Waals surface area contributed by atoms with Crippen molar-refractivity contribution in [2.24, 2.45) is 0 Å². The summed E-state index contributed by atoms with van der Waals surface area (Å²) in [5.41, 5.74) is 0.635. The van der Waals surface area contributed by atoms with Crippen LogP contribution in [0.25, 0.3) is 0 Å². The van der Waals surface area contributed by atoms with Gasteiger partial charge in [0.2, 0.25) is 5.91 Å². The molecule has 1 unspecified atom stereocenters. The number of carbonyl (C=O) groups is 2. The van der Waals surface area contributed by atoms with Gasteiger partial charge in [-0.1, -0.05) is 28.1 Å². The average molecular weight is 300 g/mol. The molecule has 1 aromatic rings. The van der Waals surface area contributed by atoms with Crippen LogP contribution in [0.5, 0.6) is 0 Å². The lowest BCUT2D eigenvalue weighted by molar-refractivity contribution is -0.142. The lowest BCUT2D eigenvalue weighted by Gasteiger charge is -2.15. The molecule has 1 rings (SSSR count). The van der Waals surface area contributed by atoms with E-state index in [1.807, 2.05) is 0 Å². The van der Waals surface area contributed by atoms with Gasteiger partial charge < -0.3 is 10.0 Å². The van der Waals surface area contributed by atoms with Crippen molar-refractivity contribution in [2.45, 2.75) is 12.3 Å². The van der Waals surface area contributed by atoms with Gasteiger partial charge in [-0.25, -0.2) is 0 Å². The number of rotatable bonds is 4. The minimum Gasteiger partial charge on any atom is -0.481 e. The first-order chi connectivity index (χ1) is 7.91. The normalized spacial score (nSPS) is 11.9. The largest absolute Gasteiger partial charge is 0.481 e.